The molecule has 0 atom stereocenters. The smallest absolute Gasteiger partial charge is 0.0375 e. The zero-order valence-electron chi connectivity index (χ0n) is 9.30. The summed E-state index contributed by atoms with van der Waals surface area (Å²) in [6.45, 7) is 8.25. The third-order valence-electron chi connectivity index (χ3n) is 1.78. The number of pyridine rings is 1. The van der Waals surface area contributed by atoms with E-state index in [1.165, 1.54) is 24.8 Å². The topological polar surface area (TPSA) is 12.9 Å². The van der Waals surface area contributed by atoms with Crippen molar-refractivity contribution in [2.45, 2.75) is 47.0 Å². The van der Waals surface area contributed by atoms with Crippen molar-refractivity contribution < 1.29 is 0 Å². The van der Waals surface area contributed by atoms with Gasteiger partial charge in [0, 0.05) is 11.9 Å². The molecule has 0 aromatic carbocycles. The summed E-state index contributed by atoms with van der Waals surface area (Å²) in [6, 6.07) is 4.26. The van der Waals surface area contributed by atoms with E-state index >= 15 is 0 Å². The summed E-state index contributed by atoms with van der Waals surface area (Å²) in [4.78, 5) is 4.15. The van der Waals surface area contributed by atoms with Crippen molar-refractivity contribution in [1.29, 1.82) is 0 Å². The summed E-state index contributed by atoms with van der Waals surface area (Å²) in [5.74, 6) is 0. The molecule has 1 aromatic heterocycles. The van der Waals surface area contributed by atoms with Crippen LogP contribution in [0.15, 0.2) is 18.3 Å². The predicted octanol–water partition coefficient (Wildman–Crippen LogP) is 3.76. The lowest BCUT2D eigenvalue weighted by Gasteiger charge is -1.99. The van der Waals surface area contributed by atoms with Crippen molar-refractivity contribution in [3.63, 3.8) is 0 Å². The minimum absolute atomic E-state index is 1.12. The molecule has 1 rings (SSSR count). The summed E-state index contributed by atoms with van der Waals surface area (Å²) in [5, 5.41) is 0. The van der Waals surface area contributed by atoms with E-state index in [1.54, 1.807) is 0 Å². The maximum Gasteiger partial charge on any atom is 0.0375 e. The molecule has 0 saturated carbocycles. The van der Waals surface area contributed by atoms with Gasteiger partial charge in [0.05, 0.1) is 0 Å². The second-order valence-electron chi connectivity index (χ2n) is 2.91. The molecule has 0 unspecified atom stereocenters. The molecule has 0 N–H and O–H groups in total. The van der Waals surface area contributed by atoms with Crippen LogP contribution in [-0.4, -0.2) is 4.98 Å². The van der Waals surface area contributed by atoms with Crippen LogP contribution < -0.4 is 0 Å². The number of aromatic nitrogens is 1. The van der Waals surface area contributed by atoms with E-state index in [9.17, 15) is 0 Å². The summed E-state index contributed by atoms with van der Waals surface area (Å²) in [7, 11) is 0. The van der Waals surface area contributed by atoms with Crippen LogP contribution >= 0.6 is 0 Å². The number of nitrogens with zero attached hydrogens (tertiary/aromatic N) is 1. The molecule has 0 aliphatic heterocycles. The Morgan fingerprint density at radius 1 is 1.31 bits per heavy atom. The minimum Gasteiger partial charge on any atom is -0.262 e. The monoisotopic (exact) mass is 179 g/mol. The fourth-order valence-electron chi connectivity index (χ4n) is 1.14. The first-order chi connectivity index (χ1) is 6.33. The Morgan fingerprint density at radius 2 is 2.00 bits per heavy atom. The Balaban J connectivity index is 0.000000671. The van der Waals surface area contributed by atoms with Crippen LogP contribution in [0.2, 0.25) is 0 Å². The molecule has 1 heterocycles. The van der Waals surface area contributed by atoms with E-state index in [0.29, 0.717) is 0 Å². The highest BCUT2D eigenvalue weighted by Crippen LogP contribution is 2.04. The molecule has 1 heteroatoms. The Labute approximate surface area is 82.2 Å². The quantitative estimate of drug-likeness (QED) is 0.688. The van der Waals surface area contributed by atoms with E-state index in [4.69, 9.17) is 0 Å². The Hall–Kier alpha value is -0.850. The standard InChI is InChI=1S/C10H15N.C2H6/c1-3-4-5-10-6-7-11-9(2)8-10;1-2/h6-8H,3-5H2,1-2H3;1-2H3. The number of unbranched alkanes of at least 4 members (excludes halogenated alkanes) is 1. The van der Waals surface area contributed by atoms with Crippen LogP contribution in [0, 0.1) is 6.92 Å². The maximum atomic E-state index is 4.15. The van der Waals surface area contributed by atoms with Gasteiger partial charge in [-0.1, -0.05) is 27.2 Å². The SMILES string of the molecule is CC.CCCCc1ccnc(C)c1. The van der Waals surface area contributed by atoms with E-state index in [0.717, 1.165) is 5.69 Å². The molecular formula is C12H21N. The Morgan fingerprint density at radius 3 is 2.54 bits per heavy atom. The first-order valence-corrected chi connectivity index (χ1v) is 5.24. The van der Waals surface area contributed by atoms with Gasteiger partial charge in [0.1, 0.15) is 0 Å². The van der Waals surface area contributed by atoms with Gasteiger partial charge < -0.3 is 0 Å². The van der Waals surface area contributed by atoms with Crippen LogP contribution in [0.25, 0.3) is 0 Å². The highest BCUT2D eigenvalue weighted by molar-refractivity contribution is 5.15. The van der Waals surface area contributed by atoms with Gasteiger partial charge >= 0.3 is 0 Å². The van der Waals surface area contributed by atoms with E-state index in [-0.39, 0.29) is 0 Å². The van der Waals surface area contributed by atoms with E-state index in [2.05, 4.69) is 24.0 Å². The van der Waals surface area contributed by atoms with Crippen LogP contribution in [0.4, 0.5) is 0 Å². The van der Waals surface area contributed by atoms with Crippen LogP contribution in [0.5, 0.6) is 0 Å². The third-order valence-corrected chi connectivity index (χ3v) is 1.78. The first-order valence-electron chi connectivity index (χ1n) is 5.24. The van der Waals surface area contributed by atoms with Crippen molar-refractivity contribution in [3.05, 3.63) is 29.6 Å². The van der Waals surface area contributed by atoms with Crippen molar-refractivity contribution in [3.8, 4) is 0 Å². The molecule has 0 radical (unpaired) electrons. The van der Waals surface area contributed by atoms with Gasteiger partial charge in [-0.3, -0.25) is 4.98 Å². The average Bonchev–Trinajstić information content (AvgIpc) is 2.18. The van der Waals surface area contributed by atoms with E-state index < -0.39 is 0 Å². The molecule has 1 nitrogen and oxygen atoms in total. The highest BCUT2D eigenvalue weighted by Gasteiger charge is 1.91. The summed E-state index contributed by atoms with van der Waals surface area (Å²) in [5.41, 5.74) is 2.54. The number of hydrogen-bond donors (Lipinski definition) is 0. The second kappa shape index (κ2) is 7.78. The zero-order valence-corrected chi connectivity index (χ0v) is 9.30. The van der Waals surface area contributed by atoms with Gasteiger partial charge in [0.15, 0.2) is 0 Å². The highest BCUT2D eigenvalue weighted by atomic mass is 14.6. The lowest BCUT2D eigenvalue weighted by atomic mass is 10.1. The van der Waals surface area contributed by atoms with E-state index in [1.807, 2.05) is 27.0 Å². The third kappa shape index (κ3) is 5.40. The molecule has 1 aromatic rings. The van der Waals surface area contributed by atoms with Gasteiger partial charge in [0.2, 0.25) is 0 Å². The van der Waals surface area contributed by atoms with Gasteiger partial charge in [-0.15, -0.1) is 0 Å². The summed E-state index contributed by atoms with van der Waals surface area (Å²) in [6.07, 6.45) is 5.63. The molecule has 0 spiro atoms. The van der Waals surface area contributed by atoms with Crippen LogP contribution in [-0.2, 0) is 6.42 Å². The van der Waals surface area contributed by atoms with Gasteiger partial charge in [0.25, 0.3) is 0 Å². The van der Waals surface area contributed by atoms with Crippen LogP contribution in [0.3, 0.4) is 0 Å². The normalized spacial score (nSPS) is 8.92. The van der Waals surface area contributed by atoms with Gasteiger partial charge in [-0.05, 0) is 37.5 Å². The second-order valence-corrected chi connectivity index (χ2v) is 2.91. The van der Waals surface area contributed by atoms with Crippen molar-refractivity contribution in [1.82, 2.24) is 4.98 Å². The fourth-order valence-corrected chi connectivity index (χ4v) is 1.14. The average molecular weight is 179 g/mol. The predicted molar refractivity (Wildman–Crippen MR) is 58.9 cm³/mol. The van der Waals surface area contributed by atoms with Crippen molar-refractivity contribution in [2.75, 3.05) is 0 Å². The fraction of sp³-hybridized carbons (Fsp3) is 0.583. The molecular weight excluding hydrogens is 158 g/mol. The van der Waals surface area contributed by atoms with Crippen molar-refractivity contribution in [2.24, 2.45) is 0 Å². The number of rotatable bonds is 3. The molecule has 0 amide bonds. The Bertz CT molecular complexity index is 218. The molecule has 0 aliphatic carbocycles. The lowest BCUT2D eigenvalue weighted by molar-refractivity contribution is 0.793. The van der Waals surface area contributed by atoms with Gasteiger partial charge in [-0.2, -0.15) is 0 Å². The first kappa shape index (κ1) is 12.2. The molecule has 0 bridgehead atoms. The Kier molecular flexibility index (Phi) is 7.27. The molecule has 13 heavy (non-hydrogen) atoms. The zero-order chi connectivity index (χ0) is 10.1. The summed E-state index contributed by atoms with van der Waals surface area (Å²) < 4.78 is 0. The van der Waals surface area contributed by atoms with Crippen molar-refractivity contribution >= 4 is 0 Å². The maximum absolute atomic E-state index is 4.15. The molecule has 0 saturated heterocycles. The minimum atomic E-state index is 1.12. The van der Waals surface area contributed by atoms with Crippen LogP contribution in [0.1, 0.15) is 44.9 Å². The lowest BCUT2D eigenvalue weighted by Crippen LogP contribution is -1.87. The summed E-state index contributed by atoms with van der Waals surface area (Å²) >= 11 is 0. The number of hydrogen-bond acceptors (Lipinski definition) is 1. The molecule has 74 valence electrons. The molecule has 0 fully saturated rings. The largest absolute Gasteiger partial charge is 0.262 e. The molecule has 0 aliphatic rings. The number of aryl methyl sites for hydroxylation is 2. The van der Waals surface area contributed by atoms with Gasteiger partial charge in [-0.25, -0.2) is 0 Å².